The predicted octanol–water partition coefficient (Wildman–Crippen LogP) is 3.05. The van der Waals surface area contributed by atoms with E-state index in [-0.39, 0.29) is 0 Å². The van der Waals surface area contributed by atoms with Crippen molar-refractivity contribution in [1.82, 2.24) is 9.55 Å². The van der Waals surface area contributed by atoms with E-state index < -0.39 is 5.69 Å². The van der Waals surface area contributed by atoms with E-state index in [1.165, 1.54) is 11.7 Å². The van der Waals surface area contributed by atoms with Crippen LogP contribution in [0.4, 0.5) is 0 Å². The minimum Gasteiger partial charge on any atom is -0.480 e. The van der Waals surface area contributed by atoms with Gasteiger partial charge in [-0.1, -0.05) is 29.8 Å². The highest BCUT2D eigenvalue weighted by atomic mass is 35.5. The van der Waals surface area contributed by atoms with Crippen molar-refractivity contribution >= 4 is 22.5 Å². The lowest BCUT2D eigenvalue weighted by Gasteiger charge is -2.12. The second kappa shape index (κ2) is 4.98. The Balaban J connectivity index is 2.46. The third-order valence-corrected chi connectivity index (χ3v) is 3.26. The number of aromatic nitrogens is 2. The molecule has 0 unspecified atom stereocenters. The van der Waals surface area contributed by atoms with Crippen LogP contribution < -0.4 is 10.4 Å². The summed E-state index contributed by atoms with van der Waals surface area (Å²) in [7, 11) is 1.49. The average molecular weight is 287 g/mol. The number of rotatable bonds is 2. The molecule has 0 radical (unpaired) electrons. The fraction of sp³-hybridized carbons (Fsp3) is 0.0667. The van der Waals surface area contributed by atoms with E-state index in [9.17, 15) is 4.79 Å². The first-order valence-electron chi connectivity index (χ1n) is 6.02. The smallest absolute Gasteiger partial charge is 0.355 e. The van der Waals surface area contributed by atoms with Crippen molar-refractivity contribution in [3.8, 4) is 11.6 Å². The average Bonchev–Trinajstić information content (AvgIpc) is 2.47. The van der Waals surface area contributed by atoms with Gasteiger partial charge >= 0.3 is 5.69 Å². The maximum Gasteiger partial charge on any atom is 0.355 e. The molecule has 100 valence electrons. The summed E-state index contributed by atoms with van der Waals surface area (Å²) in [5.41, 5.74) is 1.00. The summed E-state index contributed by atoms with van der Waals surface area (Å²) in [6.07, 6.45) is 0. The second-order valence-corrected chi connectivity index (χ2v) is 4.67. The number of para-hydroxylation sites is 1. The monoisotopic (exact) mass is 286 g/mol. The number of benzene rings is 2. The molecule has 0 saturated heterocycles. The van der Waals surface area contributed by atoms with Crippen LogP contribution in [0.2, 0.25) is 5.02 Å². The number of nitrogens with zero attached hydrogens (tertiary/aromatic N) is 2. The van der Waals surface area contributed by atoms with Crippen LogP contribution in [0, 0.1) is 0 Å². The van der Waals surface area contributed by atoms with E-state index in [0.717, 1.165) is 11.1 Å². The van der Waals surface area contributed by atoms with Gasteiger partial charge in [-0.25, -0.2) is 4.79 Å². The van der Waals surface area contributed by atoms with E-state index >= 15 is 0 Å². The Morgan fingerprint density at radius 2 is 1.90 bits per heavy atom. The Kier molecular flexibility index (Phi) is 3.16. The van der Waals surface area contributed by atoms with Crippen molar-refractivity contribution < 1.29 is 4.74 Å². The lowest BCUT2D eigenvalue weighted by atomic mass is 10.2. The van der Waals surface area contributed by atoms with Gasteiger partial charge in [-0.2, -0.15) is 4.98 Å². The molecule has 0 aliphatic heterocycles. The molecule has 0 spiro atoms. The Hall–Kier alpha value is -2.33. The maximum atomic E-state index is 12.3. The zero-order valence-corrected chi connectivity index (χ0v) is 11.5. The van der Waals surface area contributed by atoms with Gasteiger partial charge in [-0.15, -0.1) is 0 Å². The van der Waals surface area contributed by atoms with Crippen molar-refractivity contribution in [3.63, 3.8) is 0 Å². The minimum absolute atomic E-state index is 0.300. The molecule has 0 aliphatic carbocycles. The lowest BCUT2D eigenvalue weighted by molar-refractivity contribution is 0.400. The Morgan fingerprint density at radius 1 is 1.15 bits per heavy atom. The molecule has 0 fully saturated rings. The van der Waals surface area contributed by atoms with E-state index in [1.54, 1.807) is 18.2 Å². The van der Waals surface area contributed by atoms with Crippen LogP contribution in [-0.2, 0) is 0 Å². The largest absolute Gasteiger partial charge is 0.480 e. The summed E-state index contributed by atoms with van der Waals surface area (Å²) >= 11 is 6.05. The number of hydrogen-bond acceptors (Lipinski definition) is 3. The van der Waals surface area contributed by atoms with Crippen LogP contribution in [0.1, 0.15) is 0 Å². The molecule has 3 rings (SSSR count). The highest BCUT2D eigenvalue weighted by molar-refractivity contribution is 6.31. The summed E-state index contributed by atoms with van der Waals surface area (Å²) in [4.78, 5) is 16.2. The van der Waals surface area contributed by atoms with Gasteiger partial charge in [0.15, 0.2) is 0 Å². The molecule has 0 N–H and O–H groups in total. The fourth-order valence-electron chi connectivity index (χ4n) is 2.15. The normalized spacial score (nSPS) is 10.7. The van der Waals surface area contributed by atoms with Gasteiger partial charge in [0.1, 0.15) is 0 Å². The van der Waals surface area contributed by atoms with Crippen molar-refractivity contribution in [3.05, 3.63) is 64.0 Å². The first kappa shape index (κ1) is 12.7. The number of ether oxygens (including phenoxy) is 1. The Labute approximate surface area is 120 Å². The summed E-state index contributed by atoms with van der Waals surface area (Å²) in [5.74, 6) is 0.300. The molecular weight excluding hydrogens is 276 g/mol. The number of halogens is 1. The van der Waals surface area contributed by atoms with E-state index in [4.69, 9.17) is 16.3 Å². The molecular formula is C15H11ClN2O2. The third-order valence-electron chi connectivity index (χ3n) is 3.03. The van der Waals surface area contributed by atoms with Crippen LogP contribution in [0.3, 0.4) is 0 Å². The molecule has 0 saturated carbocycles. The predicted molar refractivity (Wildman–Crippen MR) is 78.9 cm³/mol. The summed E-state index contributed by atoms with van der Waals surface area (Å²) in [6.45, 7) is 0. The van der Waals surface area contributed by atoms with Gasteiger partial charge in [0, 0.05) is 5.02 Å². The van der Waals surface area contributed by atoms with Gasteiger partial charge in [-0.05, 0) is 30.3 Å². The summed E-state index contributed by atoms with van der Waals surface area (Å²) < 4.78 is 6.69. The Bertz CT molecular complexity index is 828. The highest BCUT2D eigenvalue weighted by Gasteiger charge is 2.12. The van der Waals surface area contributed by atoms with Crippen LogP contribution in [-0.4, -0.2) is 16.7 Å². The van der Waals surface area contributed by atoms with Crippen molar-refractivity contribution in [2.75, 3.05) is 7.11 Å². The van der Waals surface area contributed by atoms with E-state index in [1.807, 2.05) is 30.3 Å². The molecule has 2 aromatic carbocycles. The molecule has 0 aliphatic rings. The van der Waals surface area contributed by atoms with Gasteiger partial charge in [0.25, 0.3) is 0 Å². The number of hydrogen-bond donors (Lipinski definition) is 0. The van der Waals surface area contributed by atoms with Crippen LogP contribution in [0.15, 0.2) is 53.3 Å². The number of fused-ring (bicyclic) bond motifs is 1. The first-order chi connectivity index (χ1) is 9.70. The Morgan fingerprint density at radius 3 is 2.60 bits per heavy atom. The molecule has 4 nitrogen and oxygen atoms in total. The van der Waals surface area contributed by atoms with E-state index in [2.05, 4.69) is 4.98 Å². The fourth-order valence-corrected chi connectivity index (χ4v) is 2.32. The summed E-state index contributed by atoms with van der Waals surface area (Å²) in [5, 5.41) is 1.29. The molecule has 1 aromatic heterocycles. The second-order valence-electron chi connectivity index (χ2n) is 4.24. The lowest BCUT2D eigenvalue weighted by Crippen LogP contribution is -2.22. The minimum atomic E-state index is -0.400. The molecule has 20 heavy (non-hydrogen) atoms. The zero-order valence-electron chi connectivity index (χ0n) is 10.7. The molecule has 0 atom stereocenters. The number of methoxy groups -OCH3 is 1. The van der Waals surface area contributed by atoms with E-state index in [0.29, 0.717) is 16.4 Å². The third kappa shape index (κ3) is 2.04. The van der Waals surface area contributed by atoms with Gasteiger partial charge in [0.05, 0.1) is 23.7 Å². The molecule has 3 aromatic rings. The highest BCUT2D eigenvalue weighted by Crippen LogP contribution is 2.26. The first-order valence-corrected chi connectivity index (χ1v) is 6.40. The quantitative estimate of drug-likeness (QED) is 0.727. The van der Waals surface area contributed by atoms with Crippen LogP contribution in [0.5, 0.6) is 5.88 Å². The van der Waals surface area contributed by atoms with Crippen molar-refractivity contribution in [2.24, 2.45) is 0 Å². The van der Waals surface area contributed by atoms with Gasteiger partial charge in [0.2, 0.25) is 5.88 Å². The maximum absolute atomic E-state index is 12.3. The molecule has 0 bridgehead atoms. The van der Waals surface area contributed by atoms with Gasteiger partial charge < -0.3 is 4.74 Å². The topological polar surface area (TPSA) is 44.1 Å². The molecule has 5 heteroatoms. The standard InChI is InChI=1S/C15H11ClN2O2/c1-20-14-12-8-7-10(16)9-13(12)18(15(19)17-14)11-5-3-2-4-6-11/h2-9H,1H3. The molecule has 1 heterocycles. The van der Waals surface area contributed by atoms with Gasteiger partial charge in [-0.3, -0.25) is 4.57 Å². The summed E-state index contributed by atoms with van der Waals surface area (Å²) in [6, 6.07) is 14.6. The SMILES string of the molecule is COc1nc(=O)n(-c2ccccc2)c2cc(Cl)ccc12. The van der Waals surface area contributed by atoms with Crippen molar-refractivity contribution in [2.45, 2.75) is 0 Å². The zero-order chi connectivity index (χ0) is 14.1. The molecule has 0 amide bonds. The van der Waals surface area contributed by atoms with Crippen LogP contribution in [0.25, 0.3) is 16.6 Å². The van der Waals surface area contributed by atoms with Crippen LogP contribution >= 0.6 is 11.6 Å². The van der Waals surface area contributed by atoms with Crippen molar-refractivity contribution in [1.29, 1.82) is 0 Å².